The first-order valence-electron chi connectivity index (χ1n) is 6.78. The number of imidazole rings is 1. The summed E-state index contributed by atoms with van der Waals surface area (Å²) in [5.74, 6) is 1.95. The Hall–Kier alpha value is -0.790. The molecule has 1 N–H and O–H groups in total. The lowest BCUT2D eigenvalue weighted by Gasteiger charge is -2.20. The molecule has 2 nitrogen and oxygen atoms in total. The minimum Gasteiger partial charge on any atom is -0.345 e. The van der Waals surface area contributed by atoms with Gasteiger partial charge in [0, 0.05) is 17.0 Å². The average molecular weight is 218 g/mol. The standard InChI is InChI=1S/C14H22N2/c1-10-6-5-7-11-12(10)16-13(15-11)14(2)8-3-4-9-14/h10H,3-9H2,1-2H3,(H,15,16). The molecule has 0 amide bonds. The first-order chi connectivity index (χ1) is 7.69. The van der Waals surface area contributed by atoms with Crippen molar-refractivity contribution < 1.29 is 0 Å². The smallest absolute Gasteiger partial charge is 0.112 e. The minimum atomic E-state index is 0.344. The molecule has 0 spiro atoms. The number of aryl methyl sites for hydroxylation is 1. The maximum atomic E-state index is 4.93. The highest BCUT2D eigenvalue weighted by Gasteiger charge is 2.35. The lowest BCUT2D eigenvalue weighted by Crippen LogP contribution is -2.18. The Morgan fingerprint density at radius 2 is 2.00 bits per heavy atom. The molecule has 16 heavy (non-hydrogen) atoms. The van der Waals surface area contributed by atoms with Crippen LogP contribution in [0.4, 0.5) is 0 Å². The normalized spacial score (nSPS) is 28.0. The van der Waals surface area contributed by atoms with E-state index < -0.39 is 0 Å². The Kier molecular flexibility index (Phi) is 2.34. The molecule has 0 radical (unpaired) electrons. The second-order valence-corrected chi connectivity index (χ2v) is 6.01. The molecule has 1 atom stereocenters. The molecule has 1 heterocycles. The summed E-state index contributed by atoms with van der Waals surface area (Å²) in [4.78, 5) is 8.57. The van der Waals surface area contributed by atoms with Gasteiger partial charge in [-0.05, 0) is 32.1 Å². The van der Waals surface area contributed by atoms with E-state index in [2.05, 4.69) is 18.8 Å². The molecule has 1 unspecified atom stereocenters. The van der Waals surface area contributed by atoms with Gasteiger partial charge in [0.25, 0.3) is 0 Å². The number of rotatable bonds is 1. The summed E-state index contributed by atoms with van der Waals surface area (Å²) < 4.78 is 0. The third-order valence-electron chi connectivity index (χ3n) is 4.62. The Labute approximate surface area is 97.9 Å². The Morgan fingerprint density at radius 1 is 1.25 bits per heavy atom. The summed E-state index contributed by atoms with van der Waals surface area (Å²) in [6.07, 6.45) is 9.22. The number of nitrogens with zero attached hydrogens (tertiary/aromatic N) is 1. The van der Waals surface area contributed by atoms with Gasteiger partial charge in [0.2, 0.25) is 0 Å². The molecule has 3 rings (SSSR count). The van der Waals surface area contributed by atoms with Gasteiger partial charge in [-0.1, -0.05) is 26.7 Å². The Morgan fingerprint density at radius 3 is 2.69 bits per heavy atom. The fraction of sp³-hybridized carbons (Fsp3) is 0.786. The van der Waals surface area contributed by atoms with E-state index in [0.717, 1.165) is 0 Å². The average Bonchev–Trinajstić information content (AvgIpc) is 2.85. The minimum absolute atomic E-state index is 0.344. The molecule has 88 valence electrons. The van der Waals surface area contributed by atoms with Crippen LogP contribution in [0.1, 0.15) is 75.5 Å². The third kappa shape index (κ3) is 1.50. The third-order valence-corrected chi connectivity index (χ3v) is 4.62. The van der Waals surface area contributed by atoms with E-state index in [-0.39, 0.29) is 0 Å². The van der Waals surface area contributed by atoms with Crippen molar-refractivity contribution in [2.45, 2.75) is 70.1 Å². The van der Waals surface area contributed by atoms with E-state index in [9.17, 15) is 0 Å². The van der Waals surface area contributed by atoms with Crippen LogP contribution in [0.25, 0.3) is 0 Å². The molecule has 0 saturated heterocycles. The molecule has 1 aromatic rings. The molecular formula is C14H22N2. The zero-order chi connectivity index (χ0) is 11.2. The number of H-pyrrole nitrogens is 1. The summed E-state index contributed by atoms with van der Waals surface area (Å²) in [6.45, 7) is 4.70. The molecule has 2 aliphatic carbocycles. The molecule has 1 fully saturated rings. The number of aromatic nitrogens is 2. The summed E-state index contributed by atoms with van der Waals surface area (Å²) in [7, 11) is 0. The van der Waals surface area contributed by atoms with E-state index in [1.54, 1.807) is 0 Å². The van der Waals surface area contributed by atoms with Gasteiger partial charge in [0.05, 0.1) is 5.69 Å². The molecular weight excluding hydrogens is 196 g/mol. The predicted octanol–water partition coefficient (Wildman–Crippen LogP) is 3.68. The van der Waals surface area contributed by atoms with Crippen LogP contribution in [0.15, 0.2) is 0 Å². The fourth-order valence-corrected chi connectivity index (χ4v) is 3.42. The number of nitrogens with one attached hydrogen (secondary N) is 1. The largest absolute Gasteiger partial charge is 0.345 e. The van der Waals surface area contributed by atoms with Crippen molar-refractivity contribution in [1.29, 1.82) is 0 Å². The Bertz CT molecular complexity index is 385. The van der Waals surface area contributed by atoms with Crippen molar-refractivity contribution in [3.8, 4) is 0 Å². The SMILES string of the molecule is CC1CCCc2[nH]c(C3(C)CCCC3)nc21. The quantitative estimate of drug-likeness (QED) is 0.765. The van der Waals surface area contributed by atoms with Crippen LogP contribution in [-0.2, 0) is 11.8 Å². The Balaban J connectivity index is 1.97. The van der Waals surface area contributed by atoms with Crippen molar-refractivity contribution in [3.63, 3.8) is 0 Å². The summed E-state index contributed by atoms with van der Waals surface area (Å²) >= 11 is 0. The highest BCUT2D eigenvalue weighted by Crippen LogP contribution is 2.41. The van der Waals surface area contributed by atoms with Crippen LogP contribution >= 0.6 is 0 Å². The highest BCUT2D eigenvalue weighted by atomic mass is 15.0. The maximum Gasteiger partial charge on any atom is 0.112 e. The van der Waals surface area contributed by atoms with Gasteiger partial charge in [0.15, 0.2) is 0 Å². The van der Waals surface area contributed by atoms with Gasteiger partial charge in [-0.15, -0.1) is 0 Å². The van der Waals surface area contributed by atoms with E-state index in [1.807, 2.05) is 0 Å². The van der Waals surface area contributed by atoms with Gasteiger partial charge in [-0.3, -0.25) is 0 Å². The van der Waals surface area contributed by atoms with E-state index >= 15 is 0 Å². The lowest BCUT2D eigenvalue weighted by molar-refractivity contribution is 0.462. The van der Waals surface area contributed by atoms with Crippen molar-refractivity contribution in [2.75, 3.05) is 0 Å². The molecule has 0 aliphatic heterocycles. The topological polar surface area (TPSA) is 28.7 Å². The van der Waals surface area contributed by atoms with Gasteiger partial charge in [-0.2, -0.15) is 0 Å². The van der Waals surface area contributed by atoms with Gasteiger partial charge in [0.1, 0.15) is 5.82 Å². The predicted molar refractivity (Wildman–Crippen MR) is 65.8 cm³/mol. The lowest BCUT2D eigenvalue weighted by atomic mass is 9.88. The summed E-state index contributed by atoms with van der Waals surface area (Å²) in [5, 5.41) is 0. The number of hydrogen-bond acceptors (Lipinski definition) is 1. The fourth-order valence-electron chi connectivity index (χ4n) is 3.42. The van der Waals surface area contributed by atoms with E-state index in [1.165, 1.54) is 62.2 Å². The van der Waals surface area contributed by atoms with Crippen molar-refractivity contribution in [3.05, 3.63) is 17.2 Å². The first-order valence-corrected chi connectivity index (χ1v) is 6.78. The summed E-state index contributed by atoms with van der Waals surface area (Å²) in [5.41, 5.74) is 3.15. The van der Waals surface area contributed by atoms with E-state index in [4.69, 9.17) is 4.98 Å². The monoisotopic (exact) mass is 218 g/mol. The number of aromatic amines is 1. The van der Waals surface area contributed by atoms with Gasteiger partial charge >= 0.3 is 0 Å². The van der Waals surface area contributed by atoms with Crippen LogP contribution in [-0.4, -0.2) is 9.97 Å². The molecule has 1 saturated carbocycles. The molecule has 0 aromatic carbocycles. The van der Waals surface area contributed by atoms with Crippen molar-refractivity contribution >= 4 is 0 Å². The van der Waals surface area contributed by atoms with Gasteiger partial charge < -0.3 is 4.98 Å². The van der Waals surface area contributed by atoms with Crippen molar-refractivity contribution in [2.24, 2.45) is 0 Å². The number of fused-ring (bicyclic) bond motifs is 1. The van der Waals surface area contributed by atoms with Crippen LogP contribution in [0.5, 0.6) is 0 Å². The van der Waals surface area contributed by atoms with Crippen LogP contribution in [0, 0.1) is 0 Å². The molecule has 0 bridgehead atoms. The summed E-state index contributed by atoms with van der Waals surface area (Å²) in [6, 6.07) is 0. The van der Waals surface area contributed by atoms with Crippen LogP contribution in [0.2, 0.25) is 0 Å². The second kappa shape index (κ2) is 3.61. The second-order valence-electron chi connectivity index (χ2n) is 6.01. The van der Waals surface area contributed by atoms with E-state index in [0.29, 0.717) is 11.3 Å². The zero-order valence-electron chi connectivity index (χ0n) is 10.5. The highest BCUT2D eigenvalue weighted by molar-refractivity contribution is 5.25. The number of hydrogen-bond donors (Lipinski definition) is 1. The van der Waals surface area contributed by atoms with Crippen LogP contribution in [0.3, 0.4) is 0 Å². The first kappa shape index (κ1) is 10.4. The zero-order valence-corrected chi connectivity index (χ0v) is 10.5. The maximum absolute atomic E-state index is 4.93. The molecule has 2 aliphatic rings. The van der Waals surface area contributed by atoms with Gasteiger partial charge in [-0.25, -0.2) is 4.98 Å². The van der Waals surface area contributed by atoms with Crippen LogP contribution < -0.4 is 0 Å². The molecule has 2 heteroatoms. The molecule has 1 aromatic heterocycles. The van der Waals surface area contributed by atoms with Crippen molar-refractivity contribution in [1.82, 2.24) is 9.97 Å².